The van der Waals surface area contributed by atoms with Gasteiger partial charge in [-0.2, -0.15) is 0 Å². The number of para-hydroxylation sites is 2. The molecule has 2 N–H and O–H groups in total. The minimum Gasteiger partial charge on any atom is -0.478 e. The molecule has 5 aromatic rings. The summed E-state index contributed by atoms with van der Waals surface area (Å²) in [7, 11) is 0. The minimum absolute atomic E-state index is 0.204. The number of aromatic carboxylic acids is 1. The summed E-state index contributed by atoms with van der Waals surface area (Å²) >= 11 is 0. The van der Waals surface area contributed by atoms with E-state index >= 15 is 0 Å². The lowest BCUT2D eigenvalue weighted by atomic mass is 10.1. The minimum atomic E-state index is -0.978. The molecule has 0 aliphatic heterocycles. The van der Waals surface area contributed by atoms with E-state index in [2.05, 4.69) is 9.97 Å². The number of aromatic nitrogens is 4. The van der Waals surface area contributed by atoms with Crippen LogP contribution in [0.5, 0.6) is 0 Å². The number of hydrogen-bond acceptors (Lipinski definition) is 4. The van der Waals surface area contributed by atoms with E-state index in [9.17, 15) is 9.90 Å². The van der Waals surface area contributed by atoms with Gasteiger partial charge in [-0.15, -0.1) is 0 Å². The number of imidazole rings is 1. The molecule has 0 atom stereocenters. The first-order valence-electron chi connectivity index (χ1n) is 8.75. The van der Waals surface area contributed by atoms with Gasteiger partial charge in [-0.25, -0.2) is 19.7 Å². The molecule has 2 heterocycles. The summed E-state index contributed by atoms with van der Waals surface area (Å²) < 4.78 is 0. The topological polar surface area (TPSA) is 91.8 Å². The summed E-state index contributed by atoms with van der Waals surface area (Å²) in [5.41, 5.74) is 5.36. The first-order chi connectivity index (χ1) is 13.7. The molecule has 3 aromatic carbocycles. The van der Waals surface area contributed by atoms with Gasteiger partial charge in [0.1, 0.15) is 11.4 Å². The van der Waals surface area contributed by atoms with Gasteiger partial charge in [-0.1, -0.05) is 42.5 Å². The van der Waals surface area contributed by atoms with Crippen molar-refractivity contribution in [1.82, 2.24) is 19.9 Å². The normalized spacial score (nSPS) is 11.1. The molecule has 134 valence electrons. The number of fused-ring (bicyclic) bond motifs is 2. The van der Waals surface area contributed by atoms with E-state index in [-0.39, 0.29) is 5.56 Å². The third-order valence-corrected chi connectivity index (χ3v) is 4.57. The molecule has 0 unspecified atom stereocenters. The van der Waals surface area contributed by atoms with E-state index in [1.807, 2.05) is 54.6 Å². The van der Waals surface area contributed by atoms with Gasteiger partial charge in [0, 0.05) is 5.56 Å². The average Bonchev–Trinajstić information content (AvgIpc) is 3.16. The number of hydrogen-bond donors (Lipinski definition) is 2. The largest absolute Gasteiger partial charge is 0.478 e. The van der Waals surface area contributed by atoms with Crippen molar-refractivity contribution in [3.63, 3.8) is 0 Å². The zero-order valence-electron chi connectivity index (χ0n) is 14.6. The van der Waals surface area contributed by atoms with Crippen LogP contribution in [0.3, 0.4) is 0 Å². The second-order valence-corrected chi connectivity index (χ2v) is 6.40. The Morgan fingerprint density at radius 3 is 2.14 bits per heavy atom. The Morgan fingerprint density at radius 2 is 1.43 bits per heavy atom. The number of H-pyrrole nitrogens is 1. The van der Waals surface area contributed by atoms with Gasteiger partial charge in [-0.3, -0.25) is 0 Å². The standard InChI is InChI=1S/C22H14N4O2/c27-22(28)14-10-11-17-18(12-14)26-21(25-17)20-19(13-6-2-1-3-7-13)23-15-8-4-5-9-16(15)24-20/h1-12H,(H,25,26)(H,27,28). The van der Waals surface area contributed by atoms with Crippen molar-refractivity contribution in [3.05, 3.63) is 78.4 Å². The summed E-state index contributed by atoms with van der Waals surface area (Å²) in [5, 5.41) is 9.22. The number of carbonyl (C=O) groups is 1. The van der Waals surface area contributed by atoms with E-state index in [0.29, 0.717) is 22.6 Å². The Labute approximate surface area is 159 Å². The molecule has 0 fully saturated rings. The van der Waals surface area contributed by atoms with Gasteiger partial charge < -0.3 is 10.1 Å². The van der Waals surface area contributed by atoms with E-state index in [1.165, 1.54) is 0 Å². The molecule has 0 saturated carbocycles. The van der Waals surface area contributed by atoms with Crippen molar-refractivity contribution in [2.45, 2.75) is 0 Å². The molecule has 0 amide bonds. The molecule has 28 heavy (non-hydrogen) atoms. The lowest BCUT2D eigenvalue weighted by molar-refractivity contribution is 0.0697. The molecule has 6 nitrogen and oxygen atoms in total. The van der Waals surface area contributed by atoms with Crippen LogP contribution in [0.15, 0.2) is 72.8 Å². The Kier molecular flexibility index (Phi) is 3.62. The summed E-state index contributed by atoms with van der Waals surface area (Å²) in [5.74, 6) is -0.428. The van der Waals surface area contributed by atoms with Crippen LogP contribution in [0.1, 0.15) is 10.4 Å². The zero-order valence-corrected chi connectivity index (χ0v) is 14.6. The molecular weight excluding hydrogens is 352 g/mol. The number of carboxylic acid groups (broad SMARTS) is 1. The maximum absolute atomic E-state index is 11.3. The summed E-state index contributed by atoms with van der Waals surface area (Å²) in [6.45, 7) is 0. The number of aromatic amines is 1. The molecule has 0 saturated heterocycles. The smallest absolute Gasteiger partial charge is 0.335 e. The van der Waals surface area contributed by atoms with Crippen LogP contribution in [-0.4, -0.2) is 31.0 Å². The molecule has 0 aliphatic carbocycles. The number of rotatable bonds is 3. The van der Waals surface area contributed by atoms with E-state index in [4.69, 9.17) is 9.97 Å². The highest BCUT2D eigenvalue weighted by molar-refractivity contribution is 5.93. The van der Waals surface area contributed by atoms with Crippen LogP contribution < -0.4 is 0 Å². The van der Waals surface area contributed by atoms with Crippen LogP contribution in [0.4, 0.5) is 0 Å². The lowest BCUT2D eigenvalue weighted by Gasteiger charge is -2.08. The maximum Gasteiger partial charge on any atom is 0.335 e. The first kappa shape index (κ1) is 16.1. The highest BCUT2D eigenvalue weighted by atomic mass is 16.4. The molecular formula is C22H14N4O2. The van der Waals surface area contributed by atoms with E-state index in [0.717, 1.165) is 22.3 Å². The van der Waals surface area contributed by atoms with Crippen LogP contribution >= 0.6 is 0 Å². The predicted molar refractivity (Wildman–Crippen MR) is 107 cm³/mol. The Morgan fingerprint density at radius 1 is 0.750 bits per heavy atom. The quantitative estimate of drug-likeness (QED) is 0.489. The second-order valence-electron chi connectivity index (χ2n) is 6.40. The van der Waals surface area contributed by atoms with Crippen molar-refractivity contribution in [3.8, 4) is 22.8 Å². The summed E-state index contributed by atoms with van der Waals surface area (Å²) in [4.78, 5) is 28.7. The SMILES string of the molecule is O=C(O)c1ccc2nc(-c3nc4ccccc4nc3-c3ccccc3)[nH]c2c1. The van der Waals surface area contributed by atoms with Crippen molar-refractivity contribution in [2.24, 2.45) is 0 Å². The van der Waals surface area contributed by atoms with Gasteiger partial charge in [0.25, 0.3) is 0 Å². The van der Waals surface area contributed by atoms with Gasteiger partial charge in [0.05, 0.1) is 27.6 Å². The first-order valence-corrected chi connectivity index (χ1v) is 8.75. The van der Waals surface area contributed by atoms with Gasteiger partial charge in [-0.05, 0) is 30.3 Å². The molecule has 0 bridgehead atoms. The fourth-order valence-electron chi connectivity index (χ4n) is 3.22. The fraction of sp³-hybridized carbons (Fsp3) is 0. The van der Waals surface area contributed by atoms with Gasteiger partial charge in [0.15, 0.2) is 5.82 Å². The summed E-state index contributed by atoms with van der Waals surface area (Å²) in [6, 6.07) is 22.3. The van der Waals surface area contributed by atoms with Crippen LogP contribution in [0.25, 0.3) is 44.8 Å². The zero-order chi connectivity index (χ0) is 19.1. The number of nitrogens with zero attached hydrogens (tertiary/aromatic N) is 3. The van der Waals surface area contributed by atoms with E-state index < -0.39 is 5.97 Å². The highest BCUT2D eigenvalue weighted by Crippen LogP contribution is 2.30. The summed E-state index contributed by atoms with van der Waals surface area (Å²) in [6.07, 6.45) is 0. The van der Waals surface area contributed by atoms with Crippen molar-refractivity contribution < 1.29 is 9.90 Å². The number of carboxylic acids is 1. The Bertz CT molecular complexity index is 1340. The van der Waals surface area contributed by atoms with Gasteiger partial charge in [0.2, 0.25) is 0 Å². The third-order valence-electron chi connectivity index (χ3n) is 4.57. The number of benzene rings is 3. The van der Waals surface area contributed by atoms with Crippen LogP contribution in [-0.2, 0) is 0 Å². The number of nitrogens with one attached hydrogen (secondary N) is 1. The molecule has 6 heteroatoms. The average molecular weight is 366 g/mol. The second kappa shape index (κ2) is 6.28. The van der Waals surface area contributed by atoms with Crippen molar-refractivity contribution in [2.75, 3.05) is 0 Å². The molecule has 2 aromatic heterocycles. The Hall–Kier alpha value is -4.06. The highest BCUT2D eigenvalue weighted by Gasteiger charge is 2.17. The molecule has 0 radical (unpaired) electrons. The molecule has 0 aliphatic rings. The molecule has 5 rings (SSSR count). The fourth-order valence-corrected chi connectivity index (χ4v) is 3.22. The molecule has 0 spiro atoms. The van der Waals surface area contributed by atoms with Crippen molar-refractivity contribution in [1.29, 1.82) is 0 Å². The van der Waals surface area contributed by atoms with Crippen LogP contribution in [0, 0.1) is 0 Å². The van der Waals surface area contributed by atoms with Gasteiger partial charge >= 0.3 is 5.97 Å². The monoisotopic (exact) mass is 366 g/mol. The predicted octanol–water partition coefficient (Wildman–Crippen LogP) is 4.54. The maximum atomic E-state index is 11.3. The van der Waals surface area contributed by atoms with Crippen molar-refractivity contribution >= 4 is 28.0 Å². The van der Waals surface area contributed by atoms with Crippen LogP contribution in [0.2, 0.25) is 0 Å². The lowest BCUT2D eigenvalue weighted by Crippen LogP contribution is -1.96. The Balaban J connectivity index is 1.77. The third kappa shape index (κ3) is 2.68. The van der Waals surface area contributed by atoms with E-state index in [1.54, 1.807) is 18.2 Å².